The van der Waals surface area contributed by atoms with Crippen molar-refractivity contribution in [3.05, 3.63) is 29.3 Å². The average molecular weight is 364 g/mol. The number of benzene rings is 1. The number of ether oxygens (including phenoxy) is 2. The highest BCUT2D eigenvalue weighted by Crippen LogP contribution is 2.20. The molecule has 1 aromatic carbocycles. The van der Waals surface area contributed by atoms with E-state index in [0.717, 1.165) is 16.9 Å². The first kappa shape index (κ1) is 21.8. The Morgan fingerprint density at radius 3 is 2.65 bits per heavy atom. The van der Waals surface area contributed by atoms with Crippen molar-refractivity contribution in [2.75, 3.05) is 33.9 Å². The lowest BCUT2D eigenvalue weighted by molar-refractivity contribution is -0.121. The first-order chi connectivity index (χ1) is 12.5. The van der Waals surface area contributed by atoms with Gasteiger partial charge in [-0.25, -0.2) is 0 Å². The van der Waals surface area contributed by atoms with Gasteiger partial charge in [0.15, 0.2) is 5.96 Å². The van der Waals surface area contributed by atoms with Crippen LogP contribution in [-0.2, 0) is 16.1 Å². The number of nitrogens with one attached hydrogen (secondary N) is 3. The molecule has 0 saturated carbocycles. The zero-order valence-electron chi connectivity index (χ0n) is 16.5. The third-order valence-corrected chi connectivity index (χ3v) is 3.53. The lowest BCUT2D eigenvalue weighted by atomic mass is 10.1. The van der Waals surface area contributed by atoms with Gasteiger partial charge in [-0.2, -0.15) is 0 Å². The molecule has 0 fully saturated rings. The molecular formula is C19H32N4O3. The van der Waals surface area contributed by atoms with Gasteiger partial charge >= 0.3 is 0 Å². The number of aryl methyl sites for hydroxylation is 1. The molecule has 0 aliphatic carbocycles. The van der Waals surface area contributed by atoms with E-state index in [-0.39, 0.29) is 11.9 Å². The van der Waals surface area contributed by atoms with E-state index in [0.29, 0.717) is 38.7 Å². The molecule has 26 heavy (non-hydrogen) atoms. The monoisotopic (exact) mass is 364 g/mol. The van der Waals surface area contributed by atoms with Crippen LogP contribution in [0.1, 0.15) is 31.4 Å². The zero-order chi connectivity index (χ0) is 19.4. The van der Waals surface area contributed by atoms with E-state index in [1.807, 2.05) is 39.0 Å². The van der Waals surface area contributed by atoms with Gasteiger partial charge in [0.1, 0.15) is 12.4 Å². The minimum atomic E-state index is 0.0234. The summed E-state index contributed by atoms with van der Waals surface area (Å²) in [4.78, 5) is 15.9. The number of guanidine groups is 1. The van der Waals surface area contributed by atoms with E-state index in [9.17, 15) is 4.79 Å². The minimum Gasteiger partial charge on any atom is -0.491 e. The van der Waals surface area contributed by atoms with Crippen LogP contribution in [0.15, 0.2) is 23.2 Å². The van der Waals surface area contributed by atoms with E-state index >= 15 is 0 Å². The van der Waals surface area contributed by atoms with Gasteiger partial charge in [0.25, 0.3) is 0 Å². The third kappa shape index (κ3) is 8.71. The quantitative estimate of drug-likeness (QED) is 0.334. The smallest absolute Gasteiger partial charge is 0.221 e. The summed E-state index contributed by atoms with van der Waals surface area (Å²) in [6.07, 6.45) is 0.398. The summed E-state index contributed by atoms with van der Waals surface area (Å²) < 4.78 is 10.8. The largest absolute Gasteiger partial charge is 0.491 e. The molecule has 1 rings (SSSR count). The summed E-state index contributed by atoms with van der Waals surface area (Å²) in [6, 6.07) is 6.25. The van der Waals surface area contributed by atoms with E-state index in [2.05, 4.69) is 20.9 Å². The molecule has 0 radical (unpaired) electrons. The van der Waals surface area contributed by atoms with Gasteiger partial charge in [0, 0.05) is 45.3 Å². The number of nitrogens with zero attached hydrogens (tertiary/aromatic N) is 1. The molecule has 0 saturated heterocycles. The fraction of sp³-hybridized carbons (Fsp3) is 0.579. The molecule has 7 heteroatoms. The highest BCUT2D eigenvalue weighted by Gasteiger charge is 2.07. The molecule has 3 N–H and O–H groups in total. The lowest BCUT2D eigenvalue weighted by Gasteiger charge is -2.15. The van der Waals surface area contributed by atoms with E-state index in [1.165, 1.54) is 0 Å². The van der Waals surface area contributed by atoms with Crippen LogP contribution in [0.2, 0.25) is 0 Å². The van der Waals surface area contributed by atoms with Crippen LogP contribution in [0.3, 0.4) is 0 Å². The number of hydrogen-bond acceptors (Lipinski definition) is 4. The summed E-state index contributed by atoms with van der Waals surface area (Å²) in [7, 11) is 3.35. The Balaban J connectivity index is 2.51. The van der Waals surface area contributed by atoms with Crippen molar-refractivity contribution in [2.24, 2.45) is 4.99 Å². The molecule has 0 aromatic heterocycles. The van der Waals surface area contributed by atoms with Gasteiger partial charge in [-0.15, -0.1) is 0 Å². The molecule has 0 aliphatic rings. The average Bonchev–Trinajstić information content (AvgIpc) is 2.58. The van der Waals surface area contributed by atoms with Crippen LogP contribution >= 0.6 is 0 Å². The highest BCUT2D eigenvalue weighted by molar-refractivity contribution is 5.81. The van der Waals surface area contributed by atoms with Crippen molar-refractivity contribution in [3.63, 3.8) is 0 Å². The minimum absolute atomic E-state index is 0.0234. The maximum absolute atomic E-state index is 11.7. The molecule has 0 aliphatic heterocycles. The van der Waals surface area contributed by atoms with E-state index in [4.69, 9.17) is 9.47 Å². The molecule has 7 nitrogen and oxygen atoms in total. The van der Waals surface area contributed by atoms with E-state index in [1.54, 1.807) is 14.2 Å². The SMILES string of the molecule is CN=C(NCCC(=O)NC(C)C)NCc1ccc(C)cc1OCCOC. The Labute approximate surface area is 156 Å². The van der Waals surface area contributed by atoms with Gasteiger partial charge < -0.3 is 25.4 Å². The molecule has 0 atom stereocenters. The number of amides is 1. The summed E-state index contributed by atoms with van der Waals surface area (Å²) >= 11 is 0. The Bertz CT molecular complexity index is 588. The molecule has 0 spiro atoms. The second-order valence-corrected chi connectivity index (χ2v) is 6.28. The topological polar surface area (TPSA) is 84.0 Å². The van der Waals surface area contributed by atoms with Crippen molar-refractivity contribution in [1.29, 1.82) is 0 Å². The molecule has 0 unspecified atom stereocenters. The fourth-order valence-corrected chi connectivity index (χ4v) is 2.27. The predicted molar refractivity (Wildman–Crippen MR) is 105 cm³/mol. The fourth-order valence-electron chi connectivity index (χ4n) is 2.27. The summed E-state index contributed by atoms with van der Waals surface area (Å²) in [5.74, 6) is 1.50. The van der Waals surface area contributed by atoms with Crippen LogP contribution in [-0.4, -0.2) is 51.8 Å². The maximum atomic E-state index is 11.7. The van der Waals surface area contributed by atoms with E-state index < -0.39 is 0 Å². The van der Waals surface area contributed by atoms with Gasteiger partial charge in [0.05, 0.1) is 6.61 Å². The van der Waals surface area contributed by atoms with Gasteiger partial charge in [-0.1, -0.05) is 12.1 Å². The summed E-state index contributed by atoms with van der Waals surface area (Å²) in [5, 5.41) is 9.25. The van der Waals surface area contributed by atoms with Crippen molar-refractivity contribution in [2.45, 2.75) is 39.8 Å². The van der Waals surface area contributed by atoms with Crippen LogP contribution in [0.4, 0.5) is 0 Å². The first-order valence-electron chi connectivity index (χ1n) is 8.91. The van der Waals surface area contributed by atoms with Crippen molar-refractivity contribution >= 4 is 11.9 Å². The van der Waals surface area contributed by atoms with Gasteiger partial charge in [-0.05, 0) is 32.4 Å². The van der Waals surface area contributed by atoms with Crippen molar-refractivity contribution in [3.8, 4) is 5.75 Å². The highest BCUT2D eigenvalue weighted by atomic mass is 16.5. The molecule has 0 bridgehead atoms. The predicted octanol–water partition coefficient (Wildman–Crippen LogP) is 1.60. The Hall–Kier alpha value is -2.28. The first-order valence-corrected chi connectivity index (χ1v) is 8.91. The Kier molecular flexibility index (Phi) is 10.2. The molecular weight excluding hydrogens is 332 g/mol. The Morgan fingerprint density at radius 1 is 1.23 bits per heavy atom. The second-order valence-electron chi connectivity index (χ2n) is 6.28. The third-order valence-electron chi connectivity index (χ3n) is 3.53. The number of methoxy groups -OCH3 is 1. The van der Waals surface area contributed by atoms with Crippen LogP contribution in [0.5, 0.6) is 5.75 Å². The number of aliphatic imine (C=N–C) groups is 1. The normalized spacial score (nSPS) is 11.4. The number of carbonyl (C=O) groups is 1. The van der Waals surface area contributed by atoms with Crippen LogP contribution < -0.4 is 20.7 Å². The van der Waals surface area contributed by atoms with Gasteiger partial charge in [-0.3, -0.25) is 9.79 Å². The summed E-state index contributed by atoms with van der Waals surface area (Å²) in [5.41, 5.74) is 2.17. The maximum Gasteiger partial charge on any atom is 0.221 e. The lowest BCUT2D eigenvalue weighted by Crippen LogP contribution is -2.39. The van der Waals surface area contributed by atoms with Crippen LogP contribution in [0.25, 0.3) is 0 Å². The molecule has 146 valence electrons. The van der Waals surface area contributed by atoms with Crippen molar-refractivity contribution < 1.29 is 14.3 Å². The molecule has 1 amide bonds. The van der Waals surface area contributed by atoms with Crippen molar-refractivity contribution in [1.82, 2.24) is 16.0 Å². The molecule has 0 heterocycles. The summed E-state index contributed by atoms with van der Waals surface area (Å²) in [6.45, 7) is 8.06. The standard InChI is InChI=1S/C19H32N4O3/c1-14(2)23-18(24)8-9-21-19(20-4)22-13-16-7-6-15(3)12-17(16)26-11-10-25-5/h6-7,12,14H,8-11,13H2,1-5H3,(H,23,24)(H2,20,21,22). The van der Waals surface area contributed by atoms with Crippen LogP contribution in [0, 0.1) is 6.92 Å². The zero-order valence-corrected chi connectivity index (χ0v) is 16.5. The van der Waals surface area contributed by atoms with Gasteiger partial charge in [0.2, 0.25) is 5.91 Å². The number of hydrogen-bond donors (Lipinski definition) is 3. The number of carbonyl (C=O) groups excluding carboxylic acids is 1. The Morgan fingerprint density at radius 2 is 2.00 bits per heavy atom. The number of rotatable bonds is 10. The molecule has 1 aromatic rings. The second kappa shape index (κ2) is 12.1.